The maximum atomic E-state index is 10.8. The highest BCUT2D eigenvalue weighted by molar-refractivity contribution is 5.68. The average Bonchev–Trinajstić information content (AvgIpc) is 3.50. The molecule has 4 aromatic rings. The normalized spacial score (nSPS) is 17.9. The van der Waals surface area contributed by atoms with E-state index in [0.29, 0.717) is 17.2 Å². The van der Waals surface area contributed by atoms with Gasteiger partial charge in [0.2, 0.25) is 5.95 Å². The van der Waals surface area contributed by atoms with E-state index in [2.05, 4.69) is 38.3 Å². The van der Waals surface area contributed by atoms with Gasteiger partial charge in [0.15, 0.2) is 0 Å². The molecule has 3 aromatic heterocycles. The lowest BCUT2D eigenvalue weighted by Gasteiger charge is -2.25. The van der Waals surface area contributed by atoms with E-state index in [-0.39, 0.29) is 12.1 Å². The second-order valence-electron chi connectivity index (χ2n) is 9.26. The number of aromatic nitrogens is 4. The Labute approximate surface area is 204 Å². The molecule has 2 N–H and O–H groups in total. The molecule has 1 aliphatic heterocycles. The van der Waals surface area contributed by atoms with E-state index in [0.717, 1.165) is 47.4 Å². The maximum absolute atomic E-state index is 10.8. The van der Waals surface area contributed by atoms with Crippen LogP contribution in [0, 0.1) is 18.3 Å². The second kappa shape index (κ2) is 9.45. The van der Waals surface area contributed by atoms with Crippen LogP contribution in [0.4, 0.5) is 5.95 Å². The molecule has 1 saturated heterocycles. The average molecular weight is 468 g/mol. The van der Waals surface area contributed by atoms with E-state index in [9.17, 15) is 10.4 Å². The summed E-state index contributed by atoms with van der Waals surface area (Å²) in [7, 11) is 2.07. The molecule has 0 amide bonds. The van der Waals surface area contributed by atoms with Crippen LogP contribution >= 0.6 is 0 Å². The monoisotopic (exact) mass is 467 g/mol. The highest BCUT2D eigenvalue weighted by Crippen LogP contribution is 2.30. The molecule has 3 atom stereocenters. The van der Waals surface area contributed by atoms with Gasteiger partial charge in [0, 0.05) is 12.2 Å². The minimum Gasteiger partial charge on any atom is -0.387 e. The number of aliphatic hydroxyl groups excluding tert-OH is 1. The third-order valence-corrected chi connectivity index (χ3v) is 6.95. The highest BCUT2D eigenvalue weighted by Gasteiger charge is 2.28. The fraction of sp³-hybridized carbons (Fsp3) is 0.333. The van der Waals surface area contributed by atoms with Crippen molar-refractivity contribution in [2.45, 2.75) is 44.9 Å². The topological polar surface area (TPSA) is 102 Å². The van der Waals surface area contributed by atoms with Gasteiger partial charge < -0.3 is 15.3 Å². The number of imidazole rings is 1. The number of hydrogen-bond acceptors (Lipinski definition) is 7. The van der Waals surface area contributed by atoms with Crippen molar-refractivity contribution in [1.29, 1.82) is 5.26 Å². The van der Waals surface area contributed by atoms with Crippen LogP contribution in [-0.2, 0) is 0 Å². The first-order valence-corrected chi connectivity index (χ1v) is 11.9. The van der Waals surface area contributed by atoms with Crippen LogP contribution < -0.4 is 5.32 Å². The van der Waals surface area contributed by atoms with Crippen molar-refractivity contribution < 1.29 is 5.11 Å². The molecular formula is C27H29N7O. The van der Waals surface area contributed by atoms with Gasteiger partial charge in [0.05, 0.1) is 35.8 Å². The molecule has 0 bridgehead atoms. The van der Waals surface area contributed by atoms with Crippen LogP contribution in [0.1, 0.15) is 54.2 Å². The van der Waals surface area contributed by atoms with Gasteiger partial charge in [-0.2, -0.15) is 5.26 Å². The minimum atomic E-state index is -0.488. The van der Waals surface area contributed by atoms with Gasteiger partial charge in [-0.3, -0.25) is 4.40 Å². The zero-order valence-electron chi connectivity index (χ0n) is 20.2. The molecule has 0 aliphatic carbocycles. The Bertz CT molecular complexity index is 1390. The number of fused-ring (bicyclic) bond motifs is 1. The van der Waals surface area contributed by atoms with Gasteiger partial charge in [0.25, 0.3) is 0 Å². The van der Waals surface area contributed by atoms with E-state index in [1.165, 1.54) is 0 Å². The van der Waals surface area contributed by atoms with Crippen LogP contribution in [-0.4, -0.2) is 49.0 Å². The van der Waals surface area contributed by atoms with E-state index in [1.807, 2.05) is 60.8 Å². The van der Waals surface area contributed by atoms with Gasteiger partial charge in [-0.05, 0) is 63.0 Å². The number of nitrogens with one attached hydrogen (secondary N) is 1. The van der Waals surface area contributed by atoms with Gasteiger partial charge in [-0.15, -0.1) is 0 Å². The molecule has 5 rings (SSSR count). The van der Waals surface area contributed by atoms with E-state index < -0.39 is 6.10 Å². The summed E-state index contributed by atoms with van der Waals surface area (Å²) >= 11 is 0. The van der Waals surface area contributed by atoms with Crippen LogP contribution in [0.3, 0.4) is 0 Å². The first kappa shape index (κ1) is 23.0. The summed E-state index contributed by atoms with van der Waals surface area (Å²) < 4.78 is 1.94. The van der Waals surface area contributed by atoms with Gasteiger partial charge >= 0.3 is 0 Å². The number of anilines is 1. The molecule has 1 unspecified atom stereocenters. The van der Waals surface area contributed by atoms with Crippen molar-refractivity contribution in [3.05, 3.63) is 77.2 Å². The molecule has 0 saturated carbocycles. The molecule has 1 fully saturated rings. The van der Waals surface area contributed by atoms with Crippen molar-refractivity contribution in [2.24, 2.45) is 0 Å². The van der Waals surface area contributed by atoms with Crippen LogP contribution in [0.25, 0.3) is 17.0 Å². The summed E-state index contributed by atoms with van der Waals surface area (Å²) in [4.78, 5) is 15.8. The Morgan fingerprint density at radius 3 is 2.63 bits per heavy atom. The molecule has 1 aliphatic rings. The molecular weight excluding hydrogens is 438 g/mol. The molecule has 178 valence electrons. The second-order valence-corrected chi connectivity index (χ2v) is 9.26. The predicted molar refractivity (Wildman–Crippen MR) is 135 cm³/mol. The smallest absolute Gasteiger partial charge is 0.223 e. The molecule has 0 spiro atoms. The van der Waals surface area contributed by atoms with Crippen molar-refractivity contribution >= 4 is 11.6 Å². The fourth-order valence-electron chi connectivity index (χ4n) is 4.87. The summed E-state index contributed by atoms with van der Waals surface area (Å²) in [6.45, 7) is 5.07. The zero-order valence-corrected chi connectivity index (χ0v) is 20.2. The first-order valence-electron chi connectivity index (χ1n) is 11.9. The summed E-state index contributed by atoms with van der Waals surface area (Å²) in [5.41, 5.74) is 5.54. The highest BCUT2D eigenvalue weighted by atomic mass is 16.3. The van der Waals surface area contributed by atoms with Crippen LogP contribution in [0.5, 0.6) is 0 Å². The Hall–Kier alpha value is -3.80. The zero-order chi connectivity index (χ0) is 24.5. The van der Waals surface area contributed by atoms with Crippen molar-refractivity contribution in [2.75, 3.05) is 18.9 Å². The molecule has 4 heterocycles. The van der Waals surface area contributed by atoms with Crippen LogP contribution in [0.2, 0.25) is 0 Å². The number of nitriles is 1. The van der Waals surface area contributed by atoms with E-state index in [4.69, 9.17) is 0 Å². The summed E-state index contributed by atoms with van der Waals surface area (Å²) in [6, 6.07) is 14.3. The number of likely N-dealkylation sites (N-methyl/N-ethyl adjacent to an activating group) is 1. The number of rotatable bonds is 6. The van der Waals surface area contributed by atoms with E-state index >= 15 is 0 Å². The standard InChI is InChI=1S/C27H29N7O/c1-17-6-4-13-34-23(16-29-26(17)34)24-21(14-28)15-30-27(32-24)31-18(2)19-8-10-20(11-9-19)25(35)22-7-5-12-33(22)3/h4,6,8-11,13,15-16,18,22,25,35H,5,7,12H2,1-3H3,(H,30,31,32)/t18-,22+,25?/m0/s1. The van der Waals surface area contributed by atoms with Gasteiger partial charge in [0.1, 0.15) is 17.4 Å². The third-order valence-electron chi connectivity index (χ3n) is 6.95. The van der Waals surface area contributed by atoms with E-state index in [1.54, 1.807) is 12.4 Å². The third kappa shape index (κ3) is 4.36. The quantitative estimate of drug-likeness (QED) is 0.436. The summed E-state index contributed by atoms with van der Waals surface area (Å²) in [6.07, 6.45) is 6.86. The Kier molecular flexibility index (Phi) is 6.20. The minimum absolute atomic E-state index is 0.0689. The summed E-state index contributed by atoms with van der Waals surface area (Å²) in [5.74, 6) is 0.436. The number of hydrogen-bond donors (Lipinski definition) is 2. The van der Waals surface area contributed by atoms with Gasteiger partial charge in [-0.1, -0.05) is 30.3 Å². The SMILES string of the molecule is Cc1cccn2c(-c3nc(N[C@@H](C)c4ccc(C(O)[C@H]5CCCN5C)cc4)ncc3C#N)cnc12. The maximum Gasteiger partial charge on any atom is 0.223 e. The van der Waals surface area contributed by atoms with Crippen molar-refractivity contribution in [3.63, 3.8) is 0 Å². The van der Waals surface area contributed by atoms with Crippen molar-refractivity contribution in [1.82, 2.24) is 24.3 Å². The van der Waals surface area contributed by atoms with Crippen LogP contribution in [0.15, 0.2) is 55.0 Å². The predicted octanol–water partition coefficient (Wildman–Crippen LogP) is 4.27. The number of aliphatic hydroxyl groups is 1. The Morgan fingerprint density at radius 1 is 1.14 bits per heavy atom. The first-order chi connectivity index (χ1) is 17.0. The molecule has 0 radical (unpaired) electrons. The number of likely N-dealkylation sites (tertiary alicyclic amines) is 1. The summed E-state index contributed by atoms with van der Waals surface area (Å²) in [5, 5.41) is 23.8. The Morgan fingerprint density at radius 2 is 1.91 bits per heavy atom. The largest absolute Gasteiger partial charge is 0.387 e. The lowest BCUT2D eigenvalue weighted by Crippen LogP contribution is -2.31. The molecule has 1 aromatic carbocycles. The fourth-order valence-corrected chi connectivity index (χ4v) is 4.87. The lowest BCUT2D eigenvalue weighted by molar-refractivity contribution is 0.0857. The molecule has 8 nitrogen and oxygen atoms in total. The lowest BCUT2D eigenvalue weighted by atomic mass is 9.98. The van der Waals surface area contributed by atoms with Gasteiger partial charge in [-0.25, -0.2) is 15.0 Å². The number of pyridine rings is 1. The number of aryl methyl sites for hydroxylation is 1. The number of nitrogens with zero attached hydrogens (tertiary/aromatic N) is 6. The molecule has 8 heteroatoms. The van der Waals surface area contributed by atoms with Crippen molar-refractivity contribution in [3.8, 4) is 17.5 Å². The Balaban J connectivity index is 1.37. The number of benzene rings is 1. The molecule has 35 heavy (non-hydrogen) atoms.